The third kappa shape index (κ3) is 5.09. The number of hydrogen-bond donors (Lipinski definition) is 2. The second-order valence-corrected chi connectivity index (χ2v) is 8.45. The van der Waals surface area contributed by atoms with Crippen molar-refractivity contribution in [3.05, 3.63) is 54.1 Å². The lowest BCUT2D eigenvalue weighted by molar-refractivity contribution is -0.114. The van der Waals surface area contributed by atoms with E-state index in [1.165, 1.54) is 19.1 Å². The van der Waals surface area contributed by atoms with Gasteiger partial charge in [0.25, 0.3) is 0 Å². The molecule has 0 aromatic heterocycles. The number of amides is 1. The van der Waals surface area contributed by atoms with E-state index < -0.39 is 10.0 Å². The number of sulfonamides is 1. The van der Waals surface area contributed by atoms with E-state index in [-0.39, 0.29) is 16.8 Å². The number of carbonyl (C=O) groups excluding carboxylic acids is 1. The van der Waals surface area contributed by atoms with E-state index in [2.05, 4.69) is 14.9 Å². The van der Waals surface area contributed by atoms with E-state index in [1.54, 1.807) is 12.1 Å². The van der Waals surface area contributed by atoms with Gasteiger partial charge in [0.1, 0.15) is 0 Å². The first-order valence-corrected chi connectivity index (χ1v) is 10.7. The molecule has 1 fully saturated rings. The zero-order chi connectivity index (χ0) is 20.1. The van der Waals surface area contributed by atoms with Gasteiger partial charge in [-0.1, -0.05) is 12.1 Å². The Balaban J connectivity index is 1.67. The molecule has 150 valence electrons. The topological polar surface area (TPSA) is 87.7 Å². The van der Waals surface area contributed by atoms with Crippen LogP contribution < -0.4 is 14.9 Å². The molecule has 1 aliphatic rings. The van der Waals surface area contributed by atoms with Crippen molar-refractivity contribution in [1.82, 2.24) is 4.72 Å². The first-order chi connectivity index (χ1) is 13.3. The minimum atomic E-state index is -3.67. The summed E-state index contributed by atoms with van der Waals surface area (Å²) in [6.45, 7) is 6.37. The van der Waals surface area contributed by atoms with Crippen molar-refractivity contribution in [1.29, 1.82) is 0 Å². The Morgan fingerprint density at radius 1 is 1.04 bits per heavy atom. The summed E-state index contributed by atoms with van der Waals surface area (Å²) >= 11 is 0. The van der Waals surface area contributed by atoms with Gasteiger partial charge in [-0.15, -0.1) is 0 Å². The number of morpholine rings is 1. The maximum Gasteiger partial charge on any atom is 0.241 e. The molecule has 2 N–H and O–H groups in total. The van der Waals surface area contributed by atoms with Crippen LogP contribution in [0.25, 0.3) is 0 Å². The number of hydrogen-bond acceptors (Lipinski definition) is 5. The maximum absolute atomic E-state index is 12.6. The Labute approximate surface area is 165 Å². The summed E-state index contributed by atoms with van der Waals surface area (Å²) in [5.74, 6) is -0.206. The van der Waals surface area contributed by atoms with Crippen molar-refractivity contribution in [2.75, 3.05) is 36.5 Å². The third-order valence-electron chi connectivity index (χ3n) is 4.59. The zero-order valence-corrected chi connectivity index (χ0v) is 16.8. The first kappa shape index (κ1) is 20.3. The molecule has 2 aromatic carbocycles. The van der Waals surface area contributed by atoms with E-state index in [9.17, 15) is 13.2 Å². The molecule has 0 aliphatic carbocycles. The smallest absolute Gasteiger partial charge is 0.241 e. The van der Waals surface area contributed by atoms with Crippen LogP contribution >= 0.6 is 0 Å². The summed E-state index contributed by atoms with van der Waals surface area (Å²) in [4.78, 5) is 13.5. The van der Waals surface area contributed by atoms with Gasteiger partial charge in [-0.25, -0.2) is 13.1 Å². The van der Waals surface area contributed by atoms with Crippen molar-refractivity contribution in [3.8, 4) is 0 Å². The quantitative estimate of drug-likeness (QED) is 0.774. The minimum absolute atomic E-state index is 0.151. The summed E-state index contributed by atoms with van der Waals surface area (Å²) in [6, 6.07) is 13.6. The fraction of sp³-hybridized carbons (Fsp3) is 0.350. The van der Waals surface area contributed by atoms with Gasteiger partial charge in [0.05, 0.1) is 18.1 Å². The lowest BCUT2D eigenvalue weighted by Crippen LogP contribution is -2.36. The number of ether oxygens (including phenoxy) is 1. The molecule has 1 saturated heterocycles. The van der Waals surface area contributed by atoms with Crippen LogP contribution in [-0.2, 0) is 19.6 Å². The molecule has 8 heteroatoms. The third-order valence-corrected chi connectivity index (χ3v) is 6.14. The highest BCUT2D eigenvalue weighted by Crippen LogP contribution is 2.22. The molecule has 3 rings (SSSR count). The number of rotatable bonds is 6. The van der Waals surface area contributed by atoms with Crippen LogP contribution in [0.15, 0.2) is 53.4 Å². The second kappa shape index (κ2) is 8.72. The van der Waals surface area contributed by atoms with Crippen molar-refractivity contribution < 1.29 is 17.9 Å². The highest BCUT2D eigenvalue weighted by molar-refractivity contribution is 7.89. The number of nitrogens with zero attached hydrogens (tertiary/aromatic N) is 1. The Bertz CT molecular complexity index is 905. The Morgan fingerprint density at radius 3 is 2.21 bits per heavy atom. The first-order valence-electron chi connectivity index (χ1n) is 9.18. The molecule has 1 atom stereocenters. The predicted octanol–water partition coefficient (Wildman–Crippen LogP) is 2.52. The largest absolute Gasteiger partial charge is 0.378 e. The van der Waals surface area contributed by atoms with Gasteiger partial charge in [0.2, 0.25) is 15.9 Å². The number of anilines is 2. The average molecular weight is 404 g/mol. The molecule has 0 radical (unpaired) electrons. The molecule has 1 unspecified atom stereocenters. The monoisotopic (exact) mass is 403 g/mol. The highest BCUT2D eigenvalue weighted by atomic mass is 32.2. The highest BCUT2D eigenvalue weighted by Gasteiger charge is 2.19. The van der Waals surface area contributed by atoms with Crippen LogP contribution in [0.5, 0.6) is 0 Å². The average Bonchev–Trinajstić information content (AvgIpc) is 2.68. The molecule has 0 saturated carbocycles. The SMILES string of the molecule is CC(=O)Nc1ccc(S(=O)(=O)NC(C)c2ccc(N3CCOCC3)cc2)cc1. The molecule has 7 nitrogen and oxygen atoms in total. The van der Waals surface area contributed by atoms with Gasteiger partial charge < -0.3 is 15.0 Å². The molecule has 2 aromatic rings. The predicted molar refractivity (Wildman–Crippen MR) is 109 cm³/mol. The molecule has 1 aliphatic heterocycles. The molecule has 1 heterocycles. The Morgan fingerprint density at radius 2 is 1.64 bits per heavy atom. The van der Waals surface area contributed by atoms with E-state index in [0.717, 1.165) is 37.6 Å². The van der Waals surface area contributed by atoms with Crippen LogP contribution in [0, 0.1) is 0 Å². The van der Waals surface area contributed by atoms with Gasteiger partial charge in [0.15, 0.2) is 0 Å². The lowest BCUT2D eigenvalue weighted by atomic mass is 10.1. The van der Waals surface area contributed by atoms with Crippen LogP contribution in [0.3, 0.4) is 0 Å². The van der Waals surface area contributed by atoms with Crippen molar-refractivity contribution in [2.24, 2.45) is 0 Å². The zero-order valence-electron chi connectivity index (χ0n) is 16.0. The molecule has 0 bridgehead atoms. The van der Waals surface area contributed by atoms with Crippen LogP contribution in [0.2, 0.25) is 0 Å². The van der Waals surface area contributed by atoms with Gasteiger partial charge in [-0.05, 0) is 48.9 Å². The van der Waals surface area contributed by atoms with E-state index in [4.69, 9.17) is 4.74 Å². The van der Waals surface area contributed by atoms with Gasteiger partial charge in [0, 0.05) is 37.4 Å². The minimum Gasteiger partial charge on any atom is -0.378 e. The van der Waals surface area contributed by atoms with Crippen LogP contribution in [-0.4, -0.2) is 40.6 Å². The summed E-state index contributed by atoms with van der Waals surface area (Å²) < 4.78 is 33.4. The van der Waals surface area contributed by atoms with Crippen molar-refractivity contribution >= 4 is 27.3 Å². The van der Waals surface area contributed by atoms with Gasteiger partial charge >= 0.3 is 0 Å². The summed E-state index contributed by atoms with van der Waals surface area (Å²) in [7, 11) is -3.67. The van der Waals surface area contributed by atoms with Crippen molar-refractivity contribution in [3.63, 3.8) is 0 Å². The van der Waals surface area contributed by atoms with Gasteiger partial charge in [-0.3, -0.25) is 4.79 Å². The number of benzene rings is 2. The van der Waals surface area contributed by atoms with Gasteiger partial charge in [-0.2, -0.15) is 0 Å². The summed E-state index contributed by atoms with van der Waals surface area (Å²) in [5, 5.41) is 2.62. The Kier molecular flexibility index (Phi) is 6.33. The van der Waals surface area contributed by atoms with Crippen molar-refractivity contribution in [2.45, 2.75) is 24.8 Å². The molecule has 28 heavy (non-hydrogen) atoms. The lowest BCUT2D eigenvalue weighted by Gasteiger charge is -2.29. The fourth-order valence-electron chi connectivity index (χ4n) is 3.08. The number of carbonyl (C=O) groups is 1. The summed E-state index contributed by atoms with van der Waals surface area (Å²) in [5.41, 5.74) is 2.55. The van der Waals surface area contributed by atoms with Crippen LogP contribution in [0.1, 0.15) is 25.5 Å². The van der Waals surface area contributed by atoms with E-state index in [0.29, 0.717) is 5.69 Å². The summed E-state index contributed by atoms with van der Waals surface area (Å²) in [6.07, 6.45) is 0. The second-order valence-electron chi connectivity index (χ2n) is 6.74. The standard InChI is InChI=1S/C20H25N3O4S/c1-15(17-3-7-19(8-4-17)23-11-13-27-14-12-23)22-28(25,26)20-9-5-18(6-10-20)21-16(2)24/h3-10,15,22H,11-14H2,1-2H3,(H,21,24). The molecular formula is C20H25N3O4S. The van der Waals surface area contributed by atoms with E-state index in [1.807, 2.05) is 31.2 Å². The molecular weight excluding hydrogens is 378 g/mol. The van der Waals surface area contributed by atoms with E-state index >= 15 is 0 Å². The van der Waals surface area contributed by atoms with Crippen LogP contribution in [0.4, 0.5) is 11.4 Å². The molecule has 1 amide bonds. The maximum atomic E-state index is 12.6. The fourth-order valence-corrected chi connectivity index (χ4v) is 4.32. The Hall–Kier alpha value is -2.42. The normalized spacial score (nSPS) is 15.9. The number of nitrogens with one attached hydrogen (secondary N) is 2. The molecule has 0 spiro atoms.